The highest BCUT2D eigenvalue weighted by molar-refractivity contribution is 6.32. The number of hydrogen-bond acceptors (Lipinski definition) is 5. The molecule has 8 heteroatoms. The quantitative estimate of drug-likeness (QED) is 0.438. The number of carbonyl (C=O) groups excluding carboxylic acids is 1. The van der Waals surface area contributed by atoms with Crippen LogP contribution in [0.1, 0.15) is 26.3 Å². The molecule has 1 aromatic rings. The molecule has 0 heterocycles. The summed E-state index contributed by atoms with van der Waals surface area (Å²) in [5.41, 5.74) is 5.16. The van der Waals surface area contributed by atoms with Crippen LogP contribution in [0.4, 0.5) is 0 Å². The van der Waals surface area contributed by atoms with Crippen LogP contribution in [0, 0.1) is 11.3 Å². The van der Waals surface area contributed by atoms with Crippen molar-refractivity contribution in [2.24, 2.45) is 11.0 Å². The summed E-state index contributed by atoms with van der Waals surface area (Å²) >= 11 is 6.12. The van der Waals surface area contributed by atoms with E-state index in [9.17, 15) is 4.79 Å². The fourth-order valence-electron chi connectivity index (χ4n) is 1.29. The Morgan fingerprint density at radius 1 is 1.50 bits per heavy atom. The fourth-order valence-corrected chi connectivity index (χ4v) is 1.53. The number of carbonyl (C=O) groups is 1. The molecule has 0 spiro atoms. The zero-order valence-corrected chi connectivity index (χ0v) is 13.4. The van der Waals surface area contributed by atoms with Crippen LogP contribution in [0.25, 0.3) is 0 Å². The smallest absolute Gasteiger partial charge is 0.329 e. The first-order chi connectivity index (χ1) is 10.4. The molecule has 0 amide bonds. The molecule has 0 aromatic heterocycles. The average molecular weight is 327 g/mol. The van der Waals surface area contributed by atoms with Crippen LogP contribution in [-0.2, 0) is 9.63 Å². The third-order valence-corrected chi connectivity index (χ3v) is 2.51. The molecule has 0 saturated heterocycles. The minimum Gasteiger partial charge on any atom is -0.492 e. The maximum atomic E-state index is 10.5. The van der Waals surface area contributed by atoms with Gasteiger partial charge in [-0.25, -0.2) is 5.43 Å². The molecule has 1 aromatic carbocycles. The zero-order chi connectivity index (χ0) is 16.5. The first-order valence-corrected chi connectivity index (χ1v) is 6.99. The van der Waals surface area contributed by atoms with Crippen molar-refractivity contribution in [3.05, 3.63) is 28.8 Å². The molecule has 1 rings (SSSR count). The van der Waals surface area contributed by atoms with E-state index in [1.165, 1.54) is 13.1 Å². The van der Waals surface area contributed by atoms with Crippen molar-refractivity contribution in [2.45, 2.75) is 20.8 Å². The lowest BCUT2D eigenvalue weighted by Gasteiger charge is -2.10. The standard InChI is InChI=1S/C14H19ClN4O3/c1-9(2)8-21-13-5-4-11(6-12(13)15)7-17-18-14(16)19-22-10(3)20/h4-7,9H,8H2,1-3H3,(H3,16,18,19). The lowest BCUT2D eigenvalue weighted by molar-refractivity contribution is -0.145. The number of rotatable bonds is 5. The SMILES string of the molecule is CC(=O)ONC(=N)NN=Cc1ccc(OCC(C)C)c(Cl)c1. The Morgan fingerprint density at radius 2 is 2.23 bits per heavy atom. The van der Waals surface area contributed by atoms with Gasteiger partial charge >= 0.3 is 5.97 Å². The summed E-state index contributed by atoms with van der Waals surface area (Å²) in [6, 6.07) is 5.25. The number of benzene rings is 1. The van der Waals surface area contributed by atoms with Crippen LogP contribution in [0.15, 0.2) is 23.3 Å². The summed E-state index contributed by atoms with van der Waals surface area (Å²) in [5, 5.41) is 11.7. The molecule has 3 N–H and O–H groups in total. The Labute approximate surface area is 134 Å². The molecule has 0 atom stereocenters. The zero-order valence-electron chi connectivity index (χ0n) is 12.6. The highest BCUT2D eigenvalue weighted by Crippen LogP contribution is 2.25. The van der Waals surface area contributed by atoms with E-state index in [4.69, 9.17) is 21.7 Å². The van der Waals surface area contributed by atoms with Gasteiger partial charge in [0.15, 0.2) is 0 Å². The molecular formula is C14H19ClN4O3. The maximum Gasteiger partial charge on any atom is 0.329 e. The van der Waals surface area contributed by atoms with Crippen LogP contribution in [0.5, 0.6) is 5.75 Å². The molecule has 0 saturated carbocycles. The molecule has 0 unspecified atom stereocenters. The van der Waals surface area contributed by atoms with E-state index in [-0.39, 0.29) is 5.96 Å². The second-order valence-electron chi connectivity index (χ2n) is 4.84. The number of hydroxylamine groups is 1. The van der Waals surface area contributed by atoms with Crippen LogP contribution in [0.3, 0.4) is 0 Å². The number of ether oxygens (including phenoxy) is 1. The molecule has 0 aliphatic rings. The van der Waals surface area contributed by atoms with Crippen LogP contribution in [-0.4, -0.2) is 24.8 Å². The van der Waals surface area contributed by atoms with Crippen molar-refractivity contribution in [3.8, 4) is 5.75 Å². The molecule has 0 fully saturated rings. The third-order valence-electron chi connectivity index (χ3n) is 2.21. The molecule has 120 valence electrons. The average Bonchev–Trinajstić information content (AvgIpc) is 2.44. The highest BCUT2D eigenvalue weighted by Gasteiger charge is 2.03. The number of hydrazone groups is 1. The van der Waals surface area contributed by atoms with E-state index in [0.717, 1.165) is 5.56 Å². The largest absolute Gasteiger partial charge is 0.492 e. The number of nitrogens with zero attached hydrogens (tertiary/aromatic N) is 1. The topological polar surface area (TPSA) is 95.8 Å². The first kappa shape index (κ1) is 17.8. The van der Waals surface area contributed by atoms with E-state index < -0.39 is 5.97 Å². The van der Waals surface area contributed by atoms with Crippen molar-refractivity contribution in [1.29, 1.82) is 5.41 Å². The van der Waals surface area contributed by atoms with Gasteiger partial charge in [0.2, 0.25) is 5.96 Å². The number of halogens is 1. The van der Waals surface area contributed by atoms with Crippen LogP contribution in [0.2, 0.25) is 5.02 Å². The molecule has 7 nitrogen and oxygen atoms in total. The molecule has 0 bridgehead atoms. The predicted molar refractivity (Wildman–Crippen MR) is 85.1 cm³/mol. The van der Waals surface area contributed by atoms with E-state index >= 15 is 0 Å². The van der Waals surface area contributed by atoms with Gasteiger partial charge in [0.25, 0.3) is 0 Å². The fraction of sp³-hybridized carbons (Fsp3) is 0.357. The Morgan fingerprint density at radius 3 is 2.82 bits per heavy atom. The van der Waals surface area contributed by atoms with Crippen molar-refractivity contribution in [3.63, 3.8) is 0 Å². The summed E-state index contributed by atoms with van der Waals surface area (Å²) in [5.74, 6) is 0.204. The van der Waals surface area contributed by atoms with Crippen LogP contribution >= 0.6 is 11.6 Å². The van der Waals surface area contributed by atoms with E-state index in [0.29, 0.717) is 23.3 Å². The van der Waals surface area contributed by atoms with Gasteiger partial charge < -0.3 is 9.57 Å². The van der Waals surface area contributed by atoms with Crippen molar-refractivity contribution in [1.82, 2.24) is 10.9 Å². The van der Waals surface area contributed by atoms with Gasteiger partial charge in [-0.3, -0.25) is 10.2 Å². The van der Waals surface area contributed by atoms with E-state index in [2.05, 4.69) is 34.7 Å². The predicted octanol–water partition coefficient (Wildman–Crippen LogP) is 2.30. The van der Waals surface area contributed by atoms with Gasteiger partial charge in [-0.2, -0.15) is 10.6 Å². The minimum absolute atomic E-state index is 0.269. The van der Waals surface area contributed by atoms with E-state index in [1.54, 1.807) is 18.2 Å². The third kappa shape index (κ3) is 6.94. The molecule has 0 aliphatic heterocycles. The highest BCUT2D eigenvalue weighted by atomic mass is 35.5. The van der Waals surface area contributed by atoms with E-state index in [1.807, 2.05) is 0 Å². The Hall–Kier alpha value is -2.28. The molecule has 0 aliphatic carbocycles. The summed E-state index contributed by atoms with van der Waals surface area (Å²) < 4.78 is 5.57. The van der Waals surface area contributed by atoms with Crippen molar-refractivity contribution >= 4 is 29.7 Å². The Kier molecular flexibility index (Phi) is 7.18. The van der Waals surface area contributed by atoms with Crippen molar-refractivity contribution < 1.29 is 14.4 Å². The number of guanidine groups is 1. The monoisotopic (exact) mass is 326 g/mol. The normalized spacial score (nSPS) is 10.6. The summed E-state index contributed by atoms with van der Waals surface area (Å²) in [4.78, 5) is 14.9. The van der Waals surface area contributed by atoms with Gasteiger partial charge in [0.05, 0.1) is 17.8 Å². The Bertz CT molecular complexity index is 561. The molecule has 0 radical (unpaired) electrons. The second-order valence-corrected chi connectivity index (χ2v) is 5.24. The molecule has 22 heavy (non-hydrogen) atoms. The summed E-state index contributed by atoms with van der Waals surface area (Å²) in [7, 11) is 0. The van der Waals surface area contributed by atoms with Crippen LogP contribution < -0.4 is 15.6 Å². The van der Waals surface area contributed by atoms with Gasteiger partial charge in [-0.15, -0.1) is 0 Å². The lowest BCUT2D eigenvalue weighted by Crippen LogP contribution is -2.34. The van der Waals surface area contributed by atoms with Gasteiger partial charge in [-0.05, 0) is 29.7 Å². The molecular weight excluding hydrogens is 308 g/mol. The van der Waals surface area contributed by atoms with Gasteiger partial charge in [-0.1, -0.05) is 25.4 Å². The Balaban J connectivity index is 2.52. The van der Waals surface area contributed by atoms with Gasteiger partial charge in [0, 0.05) is 6.92 Å². The number of hydrogen-bond donors (Lipinski definition) is 3. The summed E-state index contributed by atoms with van der Waals surface area (Å²) in [6.45, 7) is 5.92. The lowest BCUT2D eigenvalue weighted by atomic mass is 10.2. The number of nitrogens with one attached hydrogen (secondary N) is 3. The minimum atomic E-state index is -0.556. The van der Waals surface area contributed by atoms with Crippen molar-refractivity contribution in [2.75, 3.05) is 6.61 Å². The maximum absolute atomic E-state index is 10.5. The second kappa shape index (κ2) is 8.89. The summed E-state index contributed by atoms with van der Waals surface area (Å²) in [6.07, 6.45) is 1.47. The van der Waals surface area contributed by atoms with Gasteiger partial charge in [0.1, 0.15) is 5.75 Å². The first-order valence-electron chi connectivity index (χ1n) is 6.62.